The summed E-state index contributed by atoms with van der Waals surface area (Å²) in [6.45, 7) is 4.93. The van der Waals surface area contributed by atoms with Crippen molar-refractivity contribution in [1.82, 2.24) is 24.3 Å². The first kappa shape index (κ1) is 22.9. The molecule has 4 aromatic rings. The van der Waals surface area contributed by atoms with Crippen LogP contribution < -0.4 is 16.2 Å². The molecule has 1 aliphatic heterocycles. The lowest BCUT2D eigenvalue weighted by Gasteiger charge is -2.12. The van der Waals surface area contributed by atoms with Crippen LogP contribution in [0.25, 0.3) is 11.0 Å². The van der Waals surface area contributed by atoms with Crippen molar-refractivity contribution >= 4 is 34.3 Å². The van der Waals surface area contributed by atoms with E-state index in [0.29, 0.717) is 35.6 Å². The van der Waals surface area contributed by atoms with Gasteiger partial charge in [-0.3, -0.25) is 18.8 Å². The van der Waals surface area contributed by atoms with Crippen LogP contribution in [0.15, 0.2) is 66.4 Å². The maximum absolute atomic E-state index is 13.1. The molecule has 11 nitrogen and oxygen atoms in total. The first-order valence-corrected chi connectivity index (χ1v) is 11.3. The van der Waals surface area contributed by atoms with Crippen molar-refractivity contribution < 1.29 is 9.53 Å². The van der Waals surface area contributed by atoms with Crippen LogP contribution in [0, 0.1) is 11.3 Å². The van der Waals surface area contributed by atoms with Crippen LogP contribution in [0.1, 0.15) is 23.6 Å². The van der Waals surface area contributed by atoms with E-state index in [1.807, 2.05) is 23.0 Å². The predicted molar refractivity (Wildman–Crippen MR) is 133 cm³/mol. The molecule has 1 saturated heterocycles. The van der Waals surface area contributed by atoms with Crippen LogP contribution in [0.4, 0.5) is 17.3 Å². The third-order valence-electron chi connectivity index (χ3n) is 5.81. The van der Waals surface area contributed by atoms with E-state index >= 15 is 0 Å². The molecule has 1 fully saturated rings. The zero-order valence-electron chi connectivity index (χ0n) is 19.2. The molecule has 11 heteroatoms. The Morgan fingerprint density at radius 3 is 2.97 bits per heavy atom. The predicted octanol–water partition coefficient (Wildman–Crippen LogP) is 2.74. The lowest BCUT2D eigenvalue weighted by molar-refractivity contribution is -0.111. The van der Waals surface area contributed by atoms with Crippen LogP contribution in [0.3, 0.4) is 0 Å². The molecule has 0 bridgehead atoms. The van der Waals surface area contributed by atoms with Crippen LogP contribution in [-0.2, 0) is 16.1 Å². The van der Waals surface area contributed by atoms with Gasteiger partial charge >= 0.3 is 0 Å². The van der Waals surface area contributed by atoms with Gasteiger partial charge in [-0.25, -0.2) is 4.98 Å². The minimum atomic E-state index is -0.468. The van der Waals surface area contributed by atoms with E-state index in [4.69, 9.17) is 4.74 Å². The van der Waals surface area contributed by atoms with Gasteiger partial charge in [-0.15, -0.1) is 0 Å². The van der Waals surface area contributed by atoms with Gasteiger partial charge in [-0.05, 0) is 36.3 Å². The summed E-state index contributed by atoms with van der Waals surface area (Å²) in [6, 6.07) is 10.7. The number of rotatable bonds is 7. The van der Waals surface area contributed by atoms with Crippen LogP contribution in [0.2, 0.25) is 0 Å². The molecule has 2 N–H and O–H groups in total. The van der Waals surface area contributed by atoms with Gasteiger partial charge in [0.05, 0.1) is 31.1 Å². The van der Waals surface area contributed by atoms with Crippen molar-refractivity contribution in [1.29, 1.82) is 5.26 Å². The van der Waals surface area contributed by atoms with E-state index in [0.717, 1.165) is 12.0 Å². The fraction of sp³-hybridized carbons (Fsp3) is 0.200. The maximum atomic E-state index is 13.1. The molecule has 36 heavy (non-hydrogen) atoms. The molecule has 4 heterocycles. The second-order valence-electron chi connectivity index (χ2n) is 8.28. The van der Waals surface area contributed by atoms with E-state index in [1.54, 1.807) is 30.6 Å². The number of carbonyl (C=O) groups excluding carboxylic acids is 1. The Kier molecular flexibility index (Phi) is 6.25. The largest absolute Gasteiger partial charge is 0.379 e. The molecule has 0 radical (unpaired) electrons. The fourth-order valence-corrected chi connectivity index (χ4v) is 4.03. The van der Waals surface area contributed by atoms with E-state index in [1.165, 1.54) is 16.7 Å². The Morgan fingerprint density at radius 2 is 2.19 bits per heavy atom. The van der Waals surface area contributed by atoms with Gasteiger partial charge in [0.25, 0.3) is 5.56 Å². The summed E-state index contributed by atoms with van der Waals surface area (Å²) in [5.74, 6) is -0.0527. The molecule has 1 aromatic carbocycles. The highest BCUT2D eigenvalue weighted by Gasteiger charge is 2.19. The minimum Gasteiger partial charge on any atom is -0.379 e. The summed E-state index contributed by atoms with van der Waals surface area (Å²) in [4.78, 5) is 33.7. The number of pyridine rings is 1. The van der Waals surface area contributed by atoms with Gasteiger partial charge < -0.3 is 15.4 Å². The van der Waals surface area contributed by atoms with Crippen LogP contribution >= 0.6 is 0 Å². The third-order valence-corrected chi connectivity index (χ3v) is 5.81. The average molecular weight is 483 g/mol. The number of amides is 1. The first-order valence-electron chi connectivity index (χ1n) is 11.3. The summed E-state index contributed by atoms with van der Waals surface area (Å²) in [5, 5.41) is 20.3. The van der Waals surface area contributed by atoms with Gasteiger partial charge in [0, 0.05) is 30.1 Å². The molecule has 5 rings (SSSR count). The van der Waals surface area contributed by atoms with Gasteiger partial charge in [0.1, 0.15) is 17.3 Å². The van der Waals surface area contributed by atoms with E-state index in [9.17, 15) is 14.9 Å². The van der Waals surface area contributed by atoms with E-state index < -0.39 is 5.56 Å². The lowest BCUT2D eigenvalue weighted by Crippen LogP contribution is -2.24. The van der Waals surface area contributed by atoms with Crippen molar-refractivity contribution in [3.8, 4) is 6.07 Å². The second-order valence-corrected chi connectivity index (χ2v) is 8.28. The normalized spacial score (nSPS) is 14.9. The average Bonchev–Trinajstić information content (AvgIpc) is 3.58. The standard InChI is InChI=1S/C25H22N8O3/c1-2-22(34)29-19-5-3-4-16(8-19)13-32-23-18(9-17(10-26)24(32)35)11-27-25(31-23)30-20-12-28-33(14-20)21-6-7-36-15-21/h2-5,8-9,11-12,14,21H,1,6-7,13,15H2,(H,29,34)(H,27,30,31). The zero-order chi connectivity index (χ0) is 25.1. The quantitative estimate of drug-likeness (QED) is 0.383. The van der Waals surface area contributed by atoms with Crippen molar-refractivity contribution in [2.24, 2.45) is 0 Å². The maximum Gasteiger partial charge on any atom is 0.270 e. The zero-order valence-corrected chi connectivity index (χ0v) is 19.2. The lowest BCUT2D eigenvalue weighted by atomic mass is 10.1. The molecule has 1 amide bonds. The summed E-state index contributed by atoms with van der Waals surface area (Å²) >= 11 is 0. The number of benzene rings is 1. The van der Waals surface area contributed by atoms with Crippen molar-refractivity contribution in [2.75, 3.05) is 23.8 Å². The number of nitriles is 1. The van der Waals surface area contributed by atoms with Gasteiger partial charge in [0.15, 0.2) is 0 Å². The summed E-state index contributed by atoms with van der Waals surface area (Å²) in [5.41, 5.74) is 1.90. The van der Waals surface area contributed by atoms with Crippen molar-refractivity contribution in [3.05, 3.63) is 83.1 Å². The molecular weight excluding hydrogens is 460 g/mol. The number of hydrogen-bond acceptors (Lipinski definition) is 8. The first-order chi connectivity index (χ1) is 17.5. The molecule has 1 unspecified atom stereocenters. The number of aromatic nitrogens is 5. The van der Waals surface area contributed by atoms with E-state index in [-0.39, 0.29) is 30.0 Å². The summed E-state index contributed by atoms with van der Waals surface area (Å²) < 4.78 is 8.70. The van der Waals surface area contributed by atoms with Crippen LogP contribution in [0.5, 0.6) is 0 Å². The number of nitrogens with one attached hydrogen (secondary N) is 2. The number of nitrogens with zero attached hydrogens (tertiary/aromatic N) is 6. The summed E-state index contributed by atoms with van der Waals surface area (Å²) in [6.07, 6.45) is 7.19. The smallest absolute Gasteiger partial charge is 0.270 e. The van der Waals surface area contributed by atoms with Crippen LogP contribution in [-0.4, -0.2) is 43.4 Å². The monoisotopic (exact) mass is 482 g/mol. The molecule has 1 atom stereocenters. The molecular formula is C25H22N8O3. The number of hydrogen-bond donors (Lipinski definition) is 2. The van der Waals surface area contributed by atoms with Crippen molar-refractivity contribution in [2.45, 2.75) is 19.0 Å². The van der Waals surface area contributed by atoms with Gasteiger partial charge in [-0.2, -0.15) is 15.3 Å². The topological polar surface area (TPSA) is 140 Å². The van der Waals surface area contributed by atoms with Crippen molar-refractivity contribution in [3.63, 3.8) is 0 Å². The highest BCUT2D eigenvalue weighted by atomic mass is 16.5. The highest BCUT2D eigenvalue weighted by Crippen LogP contribution is 2.22. The number of ether oxygens (including phenoxy) is 1. The molecule has 3 aromatic heterocycles. The number of fused-ring (bicyclic) bond motifs is 1. The minimum absolute atomic E-state index is 0.0111. The van der Waals surface area contributed by atoms with Gasteiger partial charge in [0.2, 0.25) is 11.9 Å². The Hall–Kier alpha value is -4.82. The number of anilines is 3. The molecule has 0 spiro atoms. The number of carbonyl (C=O) groups is 1. The third kappa shape index (κ3) is 4.70. The molecule has 0 aliphatic carbocycles. The van der Waals surface area contributed by atoms with E-state index in [2.05, 4.69) is 32.3 Å². The fourth-order valence-electron chi connectivity index (χ4n) is 4.03. The van der Waals surface area contributed by atoms with Gasteiger partial charge in [-0.1, -0.05) is 18.7 Å². The Morgan fingerprint density at radius 1 is 1.31 bits per heavy atom. The Bertz CT molecular complexity index is 1560. The molecule has 0 saturated carbocycles. The Labute approximate surface area is 205 Å². The molecule has 1 aliphatic rings. The molecule has 180 valence electrons. The second kappa shape index (κ2) is 9.81. The Balaban J connectivity index is 1.49. The summed E-state index contributed by atoms with van der Waals surface area (Å²) in [7, 11) is 0. The highest BCUT2D eigenvalue weighted by molar-refractivity contribution is 5.98. The SMILES string of the molecule is C=CC(=O)Nc1cccc(Cn2c(=O)c(C#N)cc3cnc(Nc4cnn(C5CCOC5)c4)nc32)c1.